The predicted molar refractivity (Wildman–Crippen MR) is 68.4 cm³/mol. The van der Waals surface area contributed by atoms with Crippen LogP contribution in [0.2, 0.25) is 0 Å². The molecule has 0 aromatic heterocycles. The molecule has 0 fully saturated rings. The van der Waals surface area contributed by atoms with Crippen LogP contribution in [0.1, 0.15) is 26.2 Å². The minimum absolute atomic E-state index is 0.221. The van der Waals surface area contributed by atoms with Crippen molar-refractivity contribution in [2.45, 2.75) is 26.2 Å². The average Bonchev–Trinajstić information content (AvgIpc) is 2.21. The number of nitrogens with one attached hydrogen (secondary N) is 1. The lowest BCUT2D eigenvalue weighted by Crippen LogP contribution is -2.24. The van der Waals surface area contributed by atoms with Crippen molar-refractivity contribution in [3.05, 3.63) is 0 Å². The van der Waals surface area contributed by atoms with Crippen LogP contribution in [-0.4, -0.2) is 49.5 Å². The number of hydrogen-bond donors (Lipinski definition) is 1. The van der Waals surface area contributed by atoms with Crippen molar-refractivity contribution < 1.29 is 4.79 Å². The molecule has 0 atom stereocenters. The highest BCUT2D eigenvalue weighted by atomic mass is 32.2. The van der Waals surface area contributed by atoms with Gasteiger partial charge in [-0.25, -0.2) is 0 Å². The average molecular weight is 232 g/mol. The van der Waals surface area contributed by atoms with Crippen LogP contribution in [0.4, 0.5) is 0 Å². The summed E-state index contributed by atoms with van der Waals surface area (Å²) >= 11 is 1.98. The van der Waals surface area contributed by atoms with Crippen LogP contribution in [0.5, 0.6) is 0 Å². The van der Waals surface area contributed by atoms with Gasteiger partial charge in [0.2, 0.25) is 5.91 Å². The first-order chi connectivity index (χ1) is 7.18. The van der Waals surface area contributed by atoms with Crippen molar-refractivity contribution >= 4 is 17.7 Å². The van der Waals surface area contributed by atoms with Gasteiger partial charge in [0, 0.05) is 20.5 Å². The number of nitrogens with zero attached hydrogens (tertiary/aromatic N) is 1. The molecule has 0 saturated carbocycles. The molecule has 0 aliphatic rings. The van der Waals surface area contributed by atoms with Gasteiger partial charge in [-0.15, -0.1) is 0 Å². The second-order valence-corrected chi connectivity index (χ2v) is 5.09. The van der Waals surface area contributed by atoms with Gasteiger partial charge in [-0.1, -0.05) is 6.92 Å². The second kappa shape index (κ2) is 10.3. The van der Waals surface area contributed by atoms with Crippen LogP contribution in [0.25, 0.3) is 0 Å². The Hall–Kier alpha value is -0.220. The van der Waals surface area contributed by atoms with E-state index >= 15 is 0 Å². The molecule has 1 amide bonds. The van der Waals surface area contributed by atoms with Crippen molar-refractivity contribution in [2.75, 3.05) is 38.7 Å². The molecule has 0 heterocycles. The molecular weight excluding hydrogens is 208 g/mol. The van der Waals surface area contributed by atoms with Crippen molar-refractivity contribution in [3.8, 4) is 0 Å². The molecule has 0 aliphatic heterocycles. The standard InChI is InChI=1S/C11H24N2OS/c1-4-15-10-6-9-12-8-5-7-11(14)13(2)3/h12H,4-10H2,1-3H3. The van der Waals surface area contributed by atoms with E-state index in [0.29, 0.717) is 6.42 Å². The summed E-state index contributed by atoms with van der Waals surface area (Å²) in [5.41, 5.74) is 0. The summed E-state index contributed by atoms with van der Waals surface area (Å²) in [7, 11) is 3.61. The summed E-state index contributed by atoms with van der Waals surface area (Å²) < 4.78 is 0. The Kier molecular flexibility index (Phi) is 10.2. The highest BCUT2D eigenvalue weighted by Gasteiger charge is 2.01. The Balaban J connectivity index is 3.08. The zero-order valence-corrected chi connectivity index (χ0v) is 11.0. The zero-order chi connectivity index (χ0) is 11.5. The summed E-state index contributed by atoms with van der Waals surface area (Å²) in [5, 5.41) is 3.35. The molecule has 15 heavy (non-hydrogen) atoms. The predicted octanol–water partition coefficient (Wildman–Crippen LogP) is 1.59. The molecule has 0 aromatic rings. The lowest BCUT2D eigenvalue weighted by molar-refractivity contribution is -0.128. The topological polar surface area (TPSA) is 32.3 Å². The van der Waals surface area contributed by atoms with Crippen molar-refractivity contribution in [1.82, 2.24) is 10.2 Å². The van der Waals surface area contributed by atoms with E-state index in [1.165, 1.54) is 17.9 Å². The maximum atomic E-state index is 11.2. The fourth-order valence-electron chi connectivity index (χ4n) is 1.16. The van der Waals surface area contributed by atoms with Gasteiger partial charge < -0.3 is 10.2 Å². The van der Waals surface area contributed by atoms with Gasteiger partial charge >= 0.3 is 0 Å². The van der Waals surface area contributed by atoms with Crippen LogP contribution >= 0.6 is 11.8 Å². The Morgan fingerprint density at radius 3 is 2.53 bits per heavy atom. The molecule has 0 aliphatic carbocycles. The third-order valence-electron chi connectivity index (χ3n) is 2.09. The molecule has 0 aromatic carbocycles. The van der Waals surface area contributed by atoms with Crippen LogP contribution in [0.15, 0.2) is 0 Å². The highest BCUT2D eigenvalue weighted by molar-refractivity contribution is 7.99. The van der Waals surface area contributed by atoms with E-state index in [4.69, 9.17) is 0 Å². The second-order valence-electron chi connectivity index (χ2n) is 3.69. The molecule has 0 rings (SSSR count). The first kappa shape index (κ1) is 14.8. The highest BCUT2D eigenvalue weighted by Crippen LogP contribution is 1.99. The number of hydrogen-bond acceptors (Lipinski definition) is 3. The molecule has 0 bridgehead atoms. The molecule has 90 valence electrons. The maximum absolute atomic E-state index is 11.2. The van der Waals surface area contributed by atoms with E-state index in [2.05, 4.69) is 12.2 Å². The Morgan fingerprint density at radius 1 is 1.27 bits per heavy atom. The fourth-order valence-corrected chi connectivity index (χ4v) is 1.79. The molecule has 1 N–H and O–H groups in total. The fraction of sp³-hybridized carbons (Fsp3) is 0.909. The van der Waals surface area contributed by atoms with Crippen LogP contribution < -0.4 is 5.32 Å². The minimum Gasteiger partial charge on any atom is -0.349 e. The van der Waals surface area contributed by atoms with E-state index in [9.17, 15) is 4.79 Å². The number of carbonyl (C=O) groups excluding carboxylic acids is 1. The number of amides is 1. The van der Waals surface area contributed by atoms with E-state index in [-0.39, 0.29) is 5.91 Å². The maximum Gasteiger partial charge on any atom is 0.222 e. The summed E-state index contributed by atoms with van der Waals surface area (Å²) in [6.07, 6.45) is 2.82. The summed E-state index contributed by atoms with van der Waals surface area (Å²) in [6, 6.07) is 0. The summed E-state index contributed by atoms with van der Waals surface area (Å²) in [5.74, 6) is 2.66. The van der Waals surface area contributed by atoms with E-state index < -0.39 is 0 Å². The van der Waals surface area contributed by atoms with Gasteiger partial charge in [0.25, 0.3) is 0 Å². The van der Waals surface area contributed by atoms with Crippen molar-refractivity contribution in [2.24, 2.45) is 0 Å². The van der Waals surface area contributed by atoms with Gasteiger partial charge in [0.05, 0.1) is 0 Å². The van der Waals surface area contributed by atoms with E-state index in [1.807, 2.05) is 11.8 Å². The third-order valence-corrected chi connectivity index (χ3v) is 3.07. The molecule has 0 spiro atoms. The number of rotatable bonds is 9. The molecule has 3 nitrogen and oxygen atoms in total. The van der Waals surface area contributed by atoms with Gasteiger partial charge in [0.15, 0.2) is 0 Å². The zero-order valence-electron chi connectivity index (χ0n) is 10.2. The van der Waals surface area contributed by atoms with Crippen LogP contribution in [-0.2, 0) is 4.79 Å². The number of carbonyl (C=O) groups is 1. The van der Waals surface area contributed by atoms with Gasteiger partial charge in [-0.3, -0.25) is 4.79 Å². The van der Waals surface area contributed by atoms with Crippen molar-refractivity contribution in [3.63, 3.8) is 0 Å². The first-order valence-electron chi connectivity index (χ1n) is 5.67. The quantitative estimate of drug-likeness (QED) is 0.613. The minimum atomic E-state index is 0.221. The van der Waals surface area contributed by atoms with Crippen LogP contribution in [0, 0.1) is 0 Å². The largest absolute Gasteiger partial charge is 0.349 e. The lowest BCUT2D eigenvalue weighted by Gasteiger charge is -2.09. The van der Waals surface area contributed by atoms with Gasteiger partial charge in [-0.2, -0.15) is 11.8 Å². The van der Waals surface area contributed by atoms with Gasteiger partial charge in [-0.05, 0) is 37.4 Å². The molecule has 4 heteroatoms. The molecule has 0 saturated heterocycles. The molecular formula is C11H24N2OS. The van der Waals surface area contributed by atoms with Gasteiger partial charge in [0.1, 0.15) is 0 Å². The monoisotopic (exact) mass is 232 g/mol. The Bertz CT molecular complexity index is 163. The smallest absolute Gasteiger partial charge is 0.222 e. The molecule has 0 unspecified atom stereocenters. The SMILES string of the molecule is CCSCCCNCCCC(=O)N(C)C. The van der Waals surface area contributed by atoms with Crippen molar-refractivity contribution in [1.29, 1.82) is 0 Å². The normalized spacial score (nSPS) is 10.3. The van der Waals surface area contributed by atoms with E-state index in [0.717, 1.165) is 19.5 Å². The summed E-state index contributed by atoms with van der Waals surface area (Å²) in [4.78, 5) is 12.9. The Morgan fingerprint density at radius 2 is 1.93 bits per heavy atom. The number of thioether (sulfide) groups is 1. The van der Waals surface area contributed by atoms with E-state index in [1.54, 1.807) is 19.0 Å². The van der Waals surface area contributed by atoms with Crippen LogP contribution in [0.3, 0.4) is 0 Å². The Labute approximate surface area is 98.0 Å². The molecule has 0 radical (unpaired) electrons. The lowest BCUT2D eigenvalue weighted by atomic mass is 10.3. The summed E-state index contributed by atoms with van der Waals surface area (Å²) in [6.45, 7) is 4.21. The first-order valence-corrected chi connectivity index (χ1v) is 6.82. The third kappa shape index (κ3) is 10.1.